The molecule has 10 heteroatoms. The van der Waals surface area contributed by atoms with E-state index in [2.05, 4.69) is 10.6 Å². The van der Waals surface area contributed by atoms with Crippen LogP contribution in [-0.2, 0) is 30.6 Å². The molecular formula is C20H22N2O7S. The Balaban J connectivity index is 1.58. The van der Waals surface area contributed by atoms with Crippen molar-refractivity contribution in [3.05, 3.63) is 60.1 Å². The summed E-state index contributed by atoms with van der Waals surface area (Å²) in [5.74, 6) is -2.02. The molecule has 1 fully saturated rings. The maximum Gasteiger partial charge on any atom is 0.329 e. The van der Waals surface area contributed by atoms with Crippen molar-refractivity contribution in [1.29, 1.82) is 0 Å². The summed E-state index contributed by atoms with van der Waals surface area (Å²) in [6.45, 7) is -0.572. The number of rotatable bonds is 8. The van der Waals surface area contributed by atoms with Crippen LogP contribution in [0, 0.1) is 0 Å². The van der Waals surface area contributed by atoms with E-state index in [1.807, 2.05) is 6.07 Å². The number of nitrogens with one attached hydrogen (secondary N) is 2. The molecule has 1 aromatic heterocycles. The second kappa shape index (κ2) is 9.57. The molecule has 2 amide bonds. The second-order valence-corrected chi connectivity index (χ2v) is 9.20. The number of hydrogen-bond acceptors (Lipinski definition) is 7. The van der Waals surface area contributed by atoms with Crippen molar-refractivity contribution < 1.29 is 32.0 Å². The highest BCUT2D eigenvalue weighted by molar-refractivity contribution is 7.91. The van der Waals surface area contributed by atoms with Gasteiger partial charge in [0.05, 0.1) is 17.8 Å². The summed E-state index contributed by atoms with van der Waals surface area (Å²) in [4.78, 5) is 36.9. The average molecular weight is 434 g/mol. The van der Waals surface area contributed by atoms with Gasteiger partial charge in [-0.3, -0.25) is 9.59 Å². The number of esters is 1. The fourth-order valence-electron chi connectivity index (χ4n) is 3.10. The molecule has 2 aromatic rings. The first-order chi connectivity index (χ1) is 14.3. The van der Waals surface area contributed by atoms with Crippen molar-refractivity contribution in [2.45, 2.75) is 24.9 Å². The molecular weight excluding hydrogens is 412 g/mol. The molecule has 0 aliphatic carbocycles. The molecule has 2 N–H and O–H groups in total. The van der Waals surface area contributed by atoms with Gasteiger partial charge in [-0.15, -0.1) is 0 Å². The standard InChI is InChI=1S/C20H22N2O7S/c23-18(21-15-8-10-30(26,27)13-15)12-29-20(25)16(11-14-5-2-1-3-6-14)22-19(24)17-7-4-9-28-17/h1-7,9,15-16H,8,10-13H2,(H,21,23)(H,22,24)/t15?,16-/m1/s1. The fraction of sp³-hybridized carbons (Fsp3) is 0.350. The molecule has 1 aromatic carbocycles. The van der Waals surface area contributed by atoms with Gasteiger partial charge in [0, 0.05) is 12.5 Å². The molecule has 9 nitrogen and oxygen atoms in total. The van der Waals surface area contributed by atoms with Crippen LogP contribution < -0.4 is 10.6 Å². The Morgan fingerprint density at radius 1 is 1.13 bits per heavy atom. The predicted molar refractivity (Wildman–Crippen MR) is 106 cm³/mol. The minimum absolute atomic E-state index is 0.0235. The lowest BCUT2D eigenvalue weighted by Gasteiger charge is -2.18. The van der Waals surface area contributed by atoms with Crippen LogP contribution in [-0.4, -0.2) is 56.4 Å². The molecule has 1 saturated heterocycles. The highest BCUT2D eigenvalue weighted by atomic mass is 32.2. The van der Waals surface area contributed by atoms with E-state index >= 15 is 0 Å². The molecule has 1 aliphatic rings. The van der Waals surface area contributed by atoms with Gasteiger partial charge in [-0.1, -0.05) is 30.3 Å². The molecule has 2 atom stereocenters. The van der Waals surface area contributed by atoms with Crippen molar-refractivity contribution in [2.75, 3.05) is 18.1 Å². The van der Waals surface area contributed by atoms with E-state index in [9.17, 15) is 22.8 Å². The molecule has 0 radical (unpaired) electrons. The van der Waals surface area contributed by atoms with Crippen LogP contribution >= 0.6 is 0 Å². The summed E-state index contributed by atoms with van der Waals surface area (Å²) in [6, 6.07) is 10.5. The SMILES string of the molecule is O=C(COC(=O)[C@@H](Cc1ccccc1)NC(=O)c1ccco1)NC1CCS(=O)(=O)C1. The van der Waals surface area contributed by atoms with Crippen molar-refractivity contribution in [3.8, 4) is 0 Å². The summed E-state index contributed by atoms with van der Waals surface area (Å²) < 4.78 is 33.0. The zero-order chi connectivity index (χ0) is 21.6. The summed E-state index contributed by atoms with van der Waals surface area (Å²) in [7, 11) is -3.13. The van der Waals surface area contributed by atoms with E-state index in [4.69, 9.17) is 9.15 Å². The van der Waals surface area contributed by atoms with E-state index in [1.54, 1.807) is 30.3 Å². The van der Waals surface area contributed by atoms with Gasteiger partial charge in [-0.25, -0.2) is 13.2 Å². The predicted octanol–water partition coefficient (Wildman–Crippen LogP) is 0.467. The summed E-state index contributed by atoms with van der Waals surface area (Å²) >= 11 is 0. The molecule has 3 rings (SSSR count). The molecule has 0 spiro atoms. The van der Waals surface area contributed by atoms with Crippen LogP contribution in [0.3, 0.4) is 0 Å². The zero-order valence-corrected chi connectivity index (χ0v) is 16.9. The molecule has 2 heterocycles. The quantitative estimate of drug-likeness (QED) is 0.577. The van der Waals surface area contributed by atoms with Gasteiger partial charge in [0.1, 0.15) is 6.04 Å². The Morgan fingerprint density at radius 2 is 1.90 bits per heavy atom. The van der Waals surface area contributed by atoms with Gasteiger partial charge >= 0.3 is 5.97 Å². The van der Waals surface area contributed by atoms with E-state index in [0.29, 0.717) is 6.42 Å². The zero-order valence-electron chi connectivity index (χ0n) is 16.1. The fourth-order valence-corrected chi connectivity index (χ4v) is 4.77. The van der Waals surface area contributed by atoms with Crippen molar-refractivity contribution >= 4 is 27.6 Å². The first kappa shape index (κ1) is 21.6. The van der Waals surface area contributed by atoms with Crippen LogP contribution in [0.25, 0.3) is 0 Å². The van der Waals surface area contributed by atoms with Crippen molar-refractivity contribution in [2.24, 2.45) is 0 Å². The number of amides is 2. The highest BCUT2D eigenvalue weighted by Gasteiger charge is 2.30. The largest absolute Gasteiger partial charge is 0.459 e. The van der Waals surface area contributed by atoms with Crippen LogP contribution in [0.4, 0.5) is 0 Å². The Morgan fingerprint density at radius 3 is 2.53 bits per heavy atom. The van der Waals surface area contributed by atoms with Gasteiger partial charge in [-0.2, -0.15) is 0 Å². The lowest BCUT2D eigenvalue weighted by atomic mass is 10.1. The maximum atomic E-state index is 12.6. The summed E-state index contributed by atoms with van der Waals surface area (Å²) in [6.07, 6.45) is 1.83. The van der Waals surface area contributed by atoms with Crippen LogP contribution in [0.5, 0.6) is 0 Å². The number of carbonyl (C=O) groups is 3. The lowest BCUT2D eigenvalue weighted by molar-refractivity contribution is -0.150. The minimum atomic E-state index is -3.13. The number of ether oxygens (including phenoxy) is 1. The van der Waals surface area contributed by atoms with Gasteiger partial charge in [0.25, 0.3) is 11.8 Å². The van der Waals surface area contributed by atoms with Crippen LogP contribution in [0.15, 0.2) is 53.1 Å². The Kier molecular flexibility index (Phi) is 6.88. The molecule has 1 aliphatic heterocycles. The third-order valence-corrected chi connectivity index (χ3v) is 6.33. The topological polar surface area (TPSA) is 132 Å². The Hall–Kier alpha value is -3.14. The summed E-state index contributed by atoms with van der Waals surface area (Å²) in [5, 5.41) is 5.10. The first-order valence-electron chi connectivity index (χ1n) is 9.37. The number of sulfone groups is 1. The van der Waals surface area contributed by atoms with Gasteiger partial charge < -0.3 is 19.8 Å². The highest BCUT2D eigenvalue weighted by Crippen LogP contribution is 2.11. The van der Waals surface area contributed by atoms with Gasteiger partial charge in [0.15, 0.2) is 22.2 Å². The molecule has 0 bridgehead atoms. The van der Waals surface area contributed by atoms with Crippen molar-refractivity contribution in [1.82, 2.24) is 10.6 Å². The molecule has 30 heavy (non-hydrogen) atoms. The number of furan rings is 1. The van der Waals surface area contributed by atoms with Crippen LogP contribution in [0.1, 0.15) is 22.5 Å². The summed E-state index contributed by atoms with van der Waals surface area (Å²) in [5.41, 5.74) is 0.791. The third kappa shape index (κ3) is 6.18. The van der Waals surface area contributed by atoms with Crippen LogP contribution in [0.2, 0.25) is 0 Å². The lowest BCUT2D eigenvalue weighted by Crippen LogP contribution is -2.45. The number of hydrogen-bond donors (Lipinski definition) is 2. The molecule has 160 valence electrons. The van der Waals surface area contributed by atoms with E-state index in [1.165, 1.54) is 12.3 Å². The third-order valence-electron chi connectivity index (χ3n) is 4.56. The minimum Gasteiger partial charge on any atom is -0.459 e. The first-order valence-corrected chi connectivity index (χ1v) is 11.2. The van der Waals surface area contributed by atoms with E-state index in [0.717, 1.165) is 5.56 Å². The van der Waals surface area contributed by atoms with Gasteiger partial charge in [0.2, 0.25) is 0 Å². The smallest absolute Gasteiger partial charge is 0.329 e. The maximum absolute atomic E-state index is 12.6. The Labute approximate surface area is 173 Å². The Bertz CT molecular complexity index is 987. The number of benzene rings is 1. The second-order valence-electron chi connectivity index (χ2n) is 6.97. The molecule has 1 unspecified atom stereocenters. The van der Waals surface area contributed by atoms with Crippen molar-refractivity contribution in [3.63, 3.8) is 0 Å². The van der Waals surface area contributed by atoms with E-state index in [-0.39, 0.29) is 23.7 Å². The van der Waals surface area contributed by atoms with E-state index < -0.39 is 46.3 Å². The average Bonchev–Trinajstić information content (AvgIpc) is 3.36. The molecule has 0 saturated carbocycles. The number of carbonyl (C=O) groups excluding carboxylic acids is 3. The van der Waals surface area contributed by atoms with Gasteiger partial charge in [-0.05, 0) is 24.1 Å². The normalized spacial score (nSPS) is 18.3. The monoisotopic (exact) mass is 434 g/mol.